The molecule has 18 heavy (non-hydrogen) atoms. The van der Waals surface area contributed by atoms with Gasteiger partial charge in [0.25, 0.3) is 0 Å². The van der Waals surface area contributed by atoms with Crippen LogP contribution in [0.2, 0.25) is 0 Å². The molecule has 1 aromatic rings. The average Bonchev–Trinajstić information content (AvgIpc) is 2.63. The second-order valence-electron chi connectivity index (χ2n) is 6.30. The topological polar surface area (TPSA) is 15.8 Å². The summed E-state index contributed by atoms with van der Waals surface area (Å²) in [6.45, 7) is 8.34. The molecule has 1 saturated carbocycles. The van der Waals surface area contributed by atoms with E-state index in [-0.39, 0.29) is 0 Å². The zero-order chi connectivity index (χ0) is 12.8. The Balaban J connectivity index is 1.89. The second-order valence-corrected chi connectivity index (χ2v) is 6.30. The smallest absolute Gasteiger partial charge is 0.0289 e. The van der Waals surface area contributed by atoms with Crippen molar-refractivity contribution in [3.8, 4) is 0 Å². The molecule has 1 spiro atoms. The number of hydrogen-bond donors (Lipinski definition) is 1. The van der Waals surface area contributed by atoms with Gasteiger partial charge in [0.05, 0.1) is 0 Å². The van der Waals surface area contributed by atoms with Gasteiger partial charge in [0.2, 0.25) is 0 Å². The van der Waals surface area contributed by atoms with Crippen molar-refractivity contribution in [2.45, 2.75) is 57.8 Å². The normalized spacial score (nSPS) is 20.2. The molecule has 0 bridgehead atoms. The molecule has 1 nitrogen and oxygen atoms in total. The van der Waals surface area contributed by atoms with Crippen molar-refractivity contribution in [3.63, 3.8) is 0 Å². The number of aryl methyl sites for hydroxylation is 1. The van der Waals surface area contributed by atoms with Crippen LogP contribution >= 0.6 is 0 Å². The zero-order valence-electron chi connectivity index (χ0n) is 11.6. The summed E-state index contributed by atoms with van der Waals surface area (Å²) in [5.74, 6) is 0. The Morgan fingerprint density at radius 3 is 2.83 bits per heavy atom. The number of allylic oxidation sites excluding steroid dienone is 3. The van der Waals surface area contributed by atoms with Crippen molar-refractivity contribution in [1.82, 2.24) is 4.98 Å². The Labute approximate surface area is 110 Å². The molecule has 1 heteroatoms. The van der Waals surface area contributed by atoms with E-state index in [4.69, 9.17) is 0 Å². The fraction of sp³-hybridized carbons (Fsp3) is 0.529. The monoisotopic (exact) mass is 241 g/mol. The minimum Gasteiger partial charge on any atom is -0.362 e. The molecule has 1 aromatic heterocycles. The maximum Gasteiger partial charge on any atom is 0.0289 e. The van der Waals surface area contributed by atoms with Gasteiger partial charge in [-0.2, -0.15) is 0 Å². The molecule has 3 rings (SSSR count). The third-order valence-corrected chi connectivity index (χ3v) is 4.55. The van der Waals surface area contributed by atoms with Crippen LogP contribution in [0.3, 0.4) is 0 Å². The predicted octanol–water partition coefficient (Wildman–Crippen LogP) is 4.58. The van der Waals surface area contributed by atoms with Gasteiger partial charge < -0.3 is 4.98 Å². The van der Waals surface area contributed by atoms with Crippen LogP contribution in [0.5, 0.6) is 0 Å². The molecule has 96 valence electrons. The van der Waals surface area contributed by atoms with Crippen LogP contribution in [0, 0.1) is 6.92 Å². The maximum atomic E-state index is 4.03. The Kier molecular flexibility index (Phi) is 2.73. The van der Waals surface area contributed by atoms with Crippen molar-refractivity contribution in [2.24, 2.45) is 0 Å². The van der Waals surface area contributed by atoms with E-state index in [0.29, 0.717) is 5.41 Å². The van der Waals surface area contributed by atoms with Crippen molar-refractivity contribution < 1.29 is 0 Å². The van der Waals surface area contributed by atoms with E-state index in [0.717, 1.165) is 12.8 Å². The highest BCUT2D eigenvalue weighted by atomic mass is 14.8. The third-order valence-electron chi connectivity index (χ3n) is 4.55. The van der Waals surface area contributed by atoms with Gasteiger partial charge in [-0.1, -0.05) is 23.6 Å². The lowest BCUT2D eigenvalue weighted by molar-refractivity contribution is 0.298. The summed E-state index contributed by atoms with van der Waals surface area (Å²) in [7, 11) is 0. The molecule has 0 atom stereocenters. The minimum atomic E-state index is 0.367. The maximum absolute atomic E-state index is 4.03. The molecule has 1 N–H and O–H groups in total. The van der Waals surface area contributed by atoms with E-state index in [1.54, 1.807) is 11.1 Å². The van der Waals surface area contributed by atoms with Crippen LogP contribution in [0.1, 0.15) is 56.0 Å². The Morgan fingerprint density at radius 2 is 2.22 bits per heavy atom. The van der Waals surface area contributed by atoms with Gasteiger partial charge in [-0.25, -0.2) is 0 Å². The van der Waals surface area contributed by atoms with Crippen LogP contribution in [0.4, 0.5) is 0 Å². The lowest BCUT2D eigenvalue weighted by Gasteiger charge is -2.43. The standard InChI is InChI=1S/C17H23N/c1-12(2)5-6-14-10-15-9-13(3)18-16(15)17(11-14)7-4-8-17/h9,11,18H,1,4-8,10H2,2-3H3. The van der Waals surface area contributed by atoms with Crippen molar-refractivity contribution >= 4 is 0 Å². The summed E-state index contributed by atoms with van der Waals surface area (Å²) in [5.41, 5.74) is 7.68. The largest absolute Gasteiger partial charge is 0.362 e. The number of rotatable bonds is 3. The lowest BCUT2D eigenvalue weighted by atomic mass is 9.62. The van der Waals surface area contributed by atoms with Gasteiger partial charge in [-0.3, -0.25) is 0 Å². The average molecular weight is 241 g/mol. The van der Waals surface area contributed by atoms with Gasteiger partial charge >= 0.3 is 0 Å². The first-order valence-corrected chi connectivity index (χ1v) is 7.13. The quantitative estimate of drug-likeness (QED) is 0.745. The van der Waals surface area contributed by atoms with Gasteiger partial charge in [-0.05, 0) is 57.6 Å². The summed E-state index contributed by atoms with van der Waals surface area (Å²) < 4.78 is 0. The Hall–Kier alpha value is -1.24. The molecule has 0 radical (unpaired) electrons. The van der Waals surface area contributed by atoms with E-state index in [2.05, 4.69) is 37.6 Å². The van der Waals surface area contributed by atoms with Crippen LogP contribution in [-0.2, 0) is 11.8 Å². The molecule has 0 unspecified atom stereocenters. The molecular formula is C17H23N. The summed E-state index contributed by atoms with van der Waals surface area (Å²) in [5, 5.41) is 0. The number of H-pyrrole nitrogens is 1. The molecule has 1 fully saturated rings. The molecule has 0 aliphatic heterocycles. The Morgan fingerprint density at radius 1 is 1.44 bits per heavy atom. The van der Waals surface area contributed by atoms with Crippen LogP contribution < -0.4 is 0 Å². The number of fused-ring (bicyclic) bond motifs is 2. The third kappa shape index (κ3) is 1.86. The van der Waals surface area contributed by atoms with Gasteiger partial charge in [0.1, 0.15) is 0 Å². The van der Waals surface area contributed by atoms with Crippen molar-refractivity contribution in [2.75, 3.05) is 0 Å². The molecule has 2 aliphatic carbocycles. The summed E-state index contributed by atoms with van der Waals surface area (Å²) in [6, 6.07) is 2.35. The van der Waals surface area contributed by atoms with Crippen LogP contribution in [0.15, 0.2) is 29.9 Å². The molecule has 0 aromatic carbocycles. The van der Waals surface area contributed by atoms with E-state index < -0.39 is 0 Å². The van der Waals surface area contributed by atoms with Gasteiger partial charge in [-0.15, -0.1) is 6.58 Å². The summed E-state index contributed by atoms with van der Waals surface area (Å²) in [4.78, 5) is 3.61. The van der Waals surface area contributed by atoms with Crippen molar-refractivity contribution in [3.05, 3.63) is 46.8 Å². The van der Waals surface area contributed by atoms with E-state index in [1.165, 1.54) is 42.6 Å². The molecule has 0 amide bonds. The first-order valence-electron chi connectivity index (χ1n) is 7.13. The van der Waals surface area contributed by atoms with Gasteiger partial charge in [0.15, 0.2) is 0 Å². The second kappa shape index (κ2) is 4.15. The predicted molar refractivity (Wildman–Crippen MR) is 76.9 cm³/mol. The highest BCUT2D eigenvalue weighted by Gasteiger charge is 2.41. The number of nitrogens with one attached hydrogen (secondary N) is 1. The summed E-state index contributed by atoms with van der Waals surface area (Å²) in [6.07, 6.45) is 10.1. The zero-order valence-corrected chi connectivity index (χ0v) is 11.6. The fourth-order valence-corrected chi connectivity index (χ4v) is 3.48. The highest BCUT2D eigenvalue weighted by molar-refractivity contribution is 5.45. The Bertz CT molecular complexity index is 512. The van der Waals surface area contributed by atoms with Crippen LogP contribution in [-0.4, -0.2) is 4.98 Å². The number of aromatic amines is 1. The minimum absolute atomic E-state index is 0.367. The molecule has 2 aliphatic rings. The number of hydrogen-bond acceptors (Lipinski definition) is 0. The summed E-state index contributed by atoms with van der Waals surface area (Å²) >= 11 is 0. The SMILES string of the molecule is C=C(C)CCC1=CC2(CCC2)c2[nH]c(C)cc2C1. The lowest BCUT2D eigenvalue weighted by Crippen LogP contribution is -2.36. The van der Waals surface area contributed by atoms with Gasteiger partial charge in [0, 0.05) is 16.8 Å². The molecular weight excluding hydrogens is 218 g/mol. The fourth-order valence-electron chi connectivity index (χ4n) is 3.48. The highest BCUT2D eigenvalue weighted by Crippen LogP contribution is 2.49. The molecule has 0 saturated heterocycles. The van der Waals surface area contributed by atoms with Crippen LogP contribution in [0.25, 0.3) is 0 Å². The molecule has 1 heterocycles. The first kappa shape index (κ1) is 11.8. The number of aromatic nitrogens is 1. The van der Waals surface area contributed by atoms with E-state index in [9.17, 15) is 0 Å². The van der Waals surface area contributed by atoms with E-state index in [1.807, 2.05) is 0 Å². The van der Waals surface area contributed by atoms with E-state index >= 15 is 0 Å². The first-order chi connectivity index (χ1) is 8.59. The van der Waals surface area contributed by atoms with Crippen molar-refractivity contribution in [1.29, 1.82) is 0 Å².